The second-order valence-electron chi connectivity index (χ2n) is 6.06. The highest BCUT2D eigenvalue weighted by atomic mass is 35.5. The van der Waals surface area contributed by atoms with Gasteiger partial charge in [-0.25, -0.2) is 23.2 Å². The van der Waals surface area contributed by atoms with E-state index in [9.17, 15) is 13.2 Å². The van der Waals surface area contributed by atoms with Crippen LogP contribution < -0.4 is 0 Å². The number of likely N-dealkylation sites (tertiary alicyclic amines) is 1. The van der Waals surface area contributed by atoms with Crippen LogP contribution in [-0.2, 0) is 14.6 Å². The average Bonchev–Trinajstić information content (AvgIpc) is 2.87. The van der Waals surface area contributed by atoms with Gasteiger partial charge in [0, 0.05) is 19.2 Å². The fourth-order valence-electron chi connectivity index (χ4n) is 2.12. The molecule has 0 bridgehead atoms. The Morgan fingerprint density at radius 2 is 2.09 bits per heavy atom. The van der Waals surface area contributed by atoms with Gasteiger partial charge in [0.25, 0.3) is 0 Å². The van der Waals surface area contributed by atoms with Gasteiger partial charge in [-0.3, -0.25) is 0 Å². The van der Waals surface area contributed by atoms with Gasteiger partial charge >= 0.3 is 6.09 Å². The molecule has 0 saturated carbocycles. The predicted octanol–water partition coefficient (Wildman–Crippen LogP) is 1.91. The number of carbonyl (C=O) groups is 1. The molecule has 0 aliphatic carbocycles. The molecular weight excluding hydrogens is 330 g/mol. The van der Waals surface area contributed by atoms with Crippen LogP contribution in [0.4, 0.5) is 4.79 Å². The predicted molar refractivity (Wildman–Crippen MR) is 80.4 cm³/mol. The first-order valence-electron chi connectivity index (χ1n) is 6.79. The van der Waals surface area contributed by atoms with Crippen molar-refractivity contribution in [1.29, 1.82) is 0 Å². The highest BCUT2D eigenvalue weighted by Gasteiger charge is 2.38. The number of sulfone groups is 1. The van der Waals surface area contributed by atoms with Crippen molar-refractivity contribution < 1.29 is 17.9 Å². The highest BCUT2D eigenvalue weighted by molar-refractivity contribution is 7.92. The summed E-state index contributed by atoms with van der Waals surface area (Å²) in [7, 11) is -3.66. The number of nitrogens with zero attached hydrogens (tertiary/aromatic N) is 3. The smallest absolute Gasteiger partial charge is 0.410 e. The van der Waals surface area contributed by atoms with Gasteiger partial charge in [0.1, 0.15) is 17.1 Å². The lowest BCUT2D eigenvalue weighted by Crippen LogP contribution is -2.36. The van der Waals surface area contributed by atoms with Crippen LogP contribution in [-0.4, -0.2) is 53.3 Å². The summed E-state index contributed by atoms with van der Waals surface area (Å²) in [5, 5.41) is -0.773. The molecule has 1 amide bonds. The Labute approximate surface area is 134 Å². The monoisotopic (exact) mass is 347 g/mol. The van der Waals surface area contributed by atoms with Crippen LogP contribution in [0, 0.1) is 0 Å². The van der Waals surface area contributed by atoms with Gasteiger partial charge in [-0.2, -0.15) is 0 Å². The largest absolute Gasteiger partial charge is 0.444 e. The van der Waals surface area contributed by atoms with E-state index in [0.29, 0.717) is 13.0 Å². The van der Waals surface area contributed by atoms with Crippen LogP contribution in [0.3, 0.4) is 0 Å². The summed E-state index contributed by atoms with van der Waals surface area (Å²) < 4.78 is 30.3. The van der Waals surface area contributed by atoms with Crippen LogP contribution in [0.2, 0.25) is 5.15 Å². The number of halogens is 1. The molecule has 1 aliphatic heterocycles. The van der Waals surface area contributed by atoms with Gasteiger partial charge in [-0.05, 0) is 27.2 Å². The molecule has 1 atom stereocenters. The Balaban J connectivity index is 2.11. The van der Waals surface area contributed by atoms with Crippen molar-refractivity contribution in [1.82, 2.24) is 14.9 Å². The number of hydrogen-bond acceptors (Lipinski definition) is 6. The van der Waals surface area contributed by atoms with E-state index in [2.05, 4.69) is 9.97 Å². The van der Waals surface area contributed by atoms with Crippen molar-refractivity contribution in [3.63, 3.8) is 0 Å². The molecule has 0 spiro atoms. The van der Waals surface area contributed by atoms with E-state index in [1.165, 1.54) is 11.0 Å². The first kappa shape index (κ1) is 17.0. The molecule has 122 valence electrons. The number of amides is 1. The molecule has 0 N–H and O–H groups in total. The zero-order valence-electron chi connectivity index (χ0n) is 12.6. The van der Waals surface area contributed by atoms with Crippen LogP contribution >= 0.6 is 11.6 Å². The molecule has 0 aromatic carbocycles. The fraction of sp³-hybridized carbons (Fsp3) is 0.615. The summed E-state index contributed by atoms with van der Waals surface area (Å²) in [6, 6.07) is 1.22. The van der Waals surface area contributed by atoms with Gasteiger partial charge in [-0.15, -0.1) is 0 Å². The Hall–Kier alpha value is -1.41. The number of aromatic nitrogens is 2. The van der Waals surface area contributed by atoms with Crippen LogP contribution in [0.15, 0.2) is 17.4 Å². The number of carbonyl (C=O) groups excluding carboxylic acids is 1. The van der Waals surface area contributed by atoms with Crippen molar-refractivity contribution in [3.05, 3.63) is 17.5 Å². The minimum Gasteiger partial charge on any atom is -0.444 e. The van der Waals surface area contributed by atoms with Gasteiger partial charge in [0.05, 0.1) is 5.25 Å². The quantitative estimate of drug-likeness (QED) is 0.759. The maximum absolute atomic E-state index is 12.5. The van der Waals surface area contributed by atoms with Crippen LogP contribution in [0.5, 0.6) is 0 Å². The fourth-order valence-corrected chi connectivity index (χ4v) is 3.93. The number of rotatable bonds is 2. The summed E-state index contributed by atoms with van der Waals surface area (Å²) in [6.45, 7) is 5.70. The molecule has 7 nitrogen and oxygen atoms in total. The molecule has 1 aliphatic rings. The minimum atomic E-state index is -3.66. The zero-order valence-corrected chi connectivity index (χ0v) is 14.2. The van der Waals surface area contributed by atoms with E-state index in [1.54, 1.807) is 20.8 Å². The molecule has 1 saturated heterocycles. The molecule has 1 unspecified atom stereocenters. The van der Waals surface area contributed by atoms with Crippen molar-refractivity contribution in [2.75, 3.05) is 13.1 Å². The van der Waals surface area contributed by atoms with E-state index in [0.717, 1.165) is 6.33 Å². The molecule has 2 heterocycles. The van der Waals surface area contributed by atoms with E-state index >= 15 is 0 Å². The molecule has 0 radical (unpaired) electrons. The van der Waals surface area contributed by atoms with Crippen molar-refractivity contribution in [2.24, 2.45) is 0 Å². The van der Waals surface area contributed by atoms with Crippen molar-refractivity contribution >= 4 is 27.5 Å². The lowest BCUT2D eigenvalue weighted by molar-refractivity contribution is 0.0295. The third-order valence-corrected chi connectivity index (χ3v) is 5.41. The second kappa shape index (κ2) is 6.00. The summed E-state index contributed by atoms with van der Waals surface area (Å²) in [4.78, 5) is 20.8. The molecule has 1 fully saturated rings. The van der Waals surface area contributed by atoms with E-state index < -0.39 is 26.8 Å². The third kappa shape index (κ3) is 3.86. The van der Waals surface area contributed by atoms with Crippen LogP contribution in [0.25, 0.3) is 0 Å². The van der Waals surface area contributed by atoms with Crippen molar-refractivity contribution in [2.45, 2.75) is 43.1 Å². The summed E-state index contributed by atoms with van der Waals surface area (Å²) in [5.41, 5.74) is -0.617. The lowest BCUT2D eigenvalue weighted by Gasteiger charge is -2.24. The number of hydrogen-bond donors (Lipinski definition) is 0. The van der Waals surface area contributed by atoms with E-state index in [-0.39, 0.29) is 16.7 Å². The first-order chi connectivity index (χ1) is 10.1. The Morgan fingerprint density at radius 1 is 1.41 bits per heavy atom. The Morgan fingerprint density at radius 3 is 2.68 bits per heavy atom. The lowest BCUT2D eigenvalue weighted by atomic mass is 10.2. The van der Waals surface area contributed by atoms with E-state index in [1.807, 2.05) is 0 Å². The van der Waals surface area contributed by atoms with Crippen LogP contribution in [0.1, 0.15) is 27.2 Å². The second-order valence-corrected chi connectivity index (χ2v) is 8.62. The zero-order chi connectivity index (χ0) is 16.5. The maximum atomic E-state index is 12.5. The SMILES string of the molecule is CC(C)(C)OC(=O)N1CCC(S(=O)(=O)c2cc(Cl)ncn2)C1. The molecule has 22 heavy (non-hydrogen) atoms. The van der Waals surface area contributed by atoms with Gasteiger partial charge in [0.2, 0.25) is 0 Å². The normalized spacial score (nSPS) is 19.3. The molecule has 2 rings (SSSR count). The highest BCUT2D eigenvalue weighted by Crippen LogP contribution is 2.24. The summed E-state index contributed by atoms with van der Waals surface area (Å²) in [6.07, 6.45) is 0.935. The summed E-state index contributed by atoms with van der Waals surface area (Å²) >= 11 is 5.71. The topological polar surface area (TPSA) is 89.5 Å². The average molecular weight is 348 g/mol. The van der Waals surface area contributed by atoms with E-state index in [4.69, 9.17) is 16.3 Å². The van der Waals surface area contributed by atoms with Gasteiger partial charge in [0.15, 0.2) is 14.9 Å². The summed E-state index contributed by atoms with van der Waals surface area (Å²) in [5.74, 6) is 0. The van der Waals surface area contributed by atoms with Crippen molar-refractivity contribution in [3.8, 4) is 0 Å². The first-order valence-corrected chi connectivity index (χ1v) is 8.71. The molecule has 1 aromatic rings. The molecule has 1 aromatic heterocycles. The molecular formula is C13H18ClN3O4S. The van der Waals surface area contributed by atoms with Gasteiger partial charge < -0.3 is 9.64 Å². The third-order valence-electron chi connectivity index (χ3n) is 3.14. The standard InChI is InChI=1S/C13H18ClN3O4S/c1-13(2,3)21-12(18)17-5-4-9(7-17)22(19,20)11-6-10(14)15-8-16-11/h6,8-9H,4-5,7H2,1-3H3. The minimum absolute atomic E-state index is 0.0653. The maximum Gasteiger partial charge on any atom is 0.410 e. The molecule has 9 heteroatoms. The Bertz CT molecular complexity index is 672. The van der Waals surface area contributed by atoms with Gasteiger partial charge in [-0.1, -0.05) is 11.6 Å². The number of ether oxygens (including phenoxy) is 1. The Kier molecular flexibility index (Phi) is 4.62.